The summed E-state index contributed by atoms with van der Waals surface area (Å²) in [6, 6.07) is 0. The lowest BCUT2D eigenvalue weighted by atomic mass is 9.41. The van der Waals surface area contributed by atoms with Gasteiger partial charge in [-0.05, 0) is 139 Å². The van der Waals surface area contributed by atoms with Gasteiger partial charge in [0.05, 0.1) is 23.0 Å². The lowest BCUT2D eigenvalue weighted by molar-refractivity contribution is -0.173. The van der Waals surface area contributed by atoms with Gasteiger partial charge in [0, 0.05) is 13.2 Å². The van der Waals surface area contributed by atoms with Crippen molar-refractivity contribution < 1.29 is 14.3 Å². The van der Waals surface area contributed by atoms with Gasteiger partial charge in [0.2, 0.25) is 0 Å². The van der Waals surface area contributed by atoms with Crippen molar-refractivity contribution in [1.82, 2.24) is 0 Å². The topological polar surface area (TPSA) is 35.5 Å². The van der Waals surface area contributed by atoms with Gasteiger partial charge in [-0.1, -0.05) is 62.7 Å². The first-order valence-electron chi connectivity index (χ1n) is 18.0. The molecule has 5 saturated carbocycles. The van der Waals surface area contributed by atoms with Gasteiger partial charge in [-0.15, -0.1) is 0 Å². The van der Waals surface area contributed by atoms with Crippen LogP contribution in [0.2, 0.25) is 0 Å². The molecule has 5 rings (SSSR count). The molecular formula is C36H60Cl2O3. The highest BCUT2D eigenvalue weighted by Crippen LogP contribution is 2.75. The maximum absolute atomic E-state index is 14.1. The highest BCUT2D eigenvalue weighted by atomic mass is 35.5. The Labute approximate surface area is 261 Å². The number of alkyl halides is 2. The van der Waals surface area contributed by atoms with Gasteiger partial charge in [-0.3, -0.25) is 4.79 Å². The molecule has 0 bridgehead atoms. The van der Waals surface area contributed by atoms with E-state index >= 15 is 0 Å². The third-order valence-corrected chi connectivity index (χ3v) is 14.3. The summed E-state index contributed by atoms with van der Waals surface area (Å²) in [6.45, 7) is 6.36. The second-order valence-electron chi connectivity index (χ2n) is 15.0. The van der Waals surface area contributed by atoms with E-state index in [1.807, 2.05) is 0 Å². The second-order valence-corrected chi connectivity index (χ2v) is 16.3. The zero-order valence-corrected chi connectivity index (χ0v) is 27.9. The summed E-state index contributed by atoms with van der Waals surface area (Å²) in [5.41, 5.74) is -0.960. The van der Waals surface area contributed by atoms with Crippen molar-refractivity contribution in [3.8, 4) is 0 Å². The fourth-order valence-electron chi connectivity index (χ4n) is 10.1. The third-order valence-electron chi connectivity index (χ3n) is 12.8. The van der Waals surface area contributed by atoms with Crippen LogP contribution >= 0.6 is 23.2 Å². The predicted molar refractivity (Wildman–Crippen MR) is 171 cm³/mol. The highest BCUT2D eigenvalue weighted by molar-refractivity contribution is 6.55. The summed E-state index contributed by atoms with van der Waals surface area (Å²) in [5, 5.41) is 0. The molecule has 0 heterocycles. The molecule has 0 aromatic carbocycles. The Bertz CT molecular complexity index is 747. The average molecular weight is 612 g/mol. The van der Waals surface area contributed by atoms with Gasteiger partial charge in [0.15, 0.2) is 5.78 Å². The Morgan fingerprint density at radius 1 is 0.561 bits per heavy atom. The molecule has 41 heavy (non-hydrogen) atoms. The van der Waals surface area contributed by atoms with Crippen LogP contribution in [0.4, 0.5) is 0 Å². The largest absolute Gasteiger partial charge is 0.378 e. The normalized spacial score (nSPS) is 41.0. The summed E-state index contributed by atoms with van der Waals surface area (Å²) >= 11 is 14.7. The number of carbonyl (C=O) groups excluding carboxylic acids is 1. The van der Waals surface area contributed by atoms with Crippen molar-refractivity contribution in [1.29, 1.82) is 0 Å². The van der Waals surface area contributed by atoms with E-state index in [-0.39, 0.29) is 0 Å². The van der Waals surface area contributed by atoms with Gasteiger partial charge >= 0.3 is 0 Å². The van der Waals surface area contributed by atoms with Gasteiger partial charge in [-0.2, -0.15) is 0 Å². The third kappa shape index (κ3) is 6.60. The van der Waals surface area contributed by atoms with Crippen LogP contribution < -0.4 is 0 Å². The molecule has 3 nitrogen and oxygen atoms in total. The molecule has 0 radical (unpaired) electrons. The molecule has 236 valence electrons. The molecule has 5 aliphatic carbocycles. The Kier molecular flexibility index (Phi) is 11.5. The summed E-state index contributed by atoms with van der Waals surface area (Å²) in [5.74, 6) is 3.49. The SMILES string of the molecule is CCCCCOC1CCC(C2CC[C@]3(CC2)C(=O)[C@@]2(CC[C@@H](C4CCC(OCCCCC)CC4)CC2)C3(Cl)Cl)CC1. The van der Waals surface area contributed by atoms with Crippen LogP contribution in [0.1, 0.15) is 155 Å². The Balaban J connectivity index is 1.05. The monoisotopic (exact) mass is 610 g/mol. The molecule has 0 atom stereocenters. The summed E-state index contributed by atoms with van der Waals surface area (Å²) in [4.78, 5) is 14.1. The van der Waals surface area contributed by atoms with E-state index in [1.54, 1.807) is 0 Å². The summed E-state index contributed by atoms with van der Waals surface area (Å²) in [7, 11) is 0. The maximum Gasteiger partial charge on any atom is 0.151 e. The van der Waals surface area contributed by atoms with Crippen molar-refractivity contribution in [2.45, 2.75) is 172 Å². The minimum absolute atomic E-state index is 0.445. The van der Waals surface area contributed by atoms with Gasteiger partial charge < -0.3 is 9.47 Å². The van der Waals surface area contributed by atoms with E-state index in [0.717, 1.165) is 88.3 Å². The van der Waals surface area contributed by atoms with Crippen LogP contribution in [0, 0.1) is 34.5 Å². The molecule has 0 saturated heterocycles. The standard InChI is InChI=1S/C36H60Cl2O3/c1-3-5-7-25-40-31-13-9-27(10-14-31)29-17-21-34(22-18-29)33(39)35(36(34,37)38)23-19-30(20-24-35)28-11-15-32(16-12-28)41-26-8-6-4-2/h27-32H,3-26H2,1-2H3/t27?,28?,29-,30?,31?,32?,34+,35-. The molecule has 0 aromatic heterocycles. The predicted octanol–water partition coefficient (Wildman–Crippen LogP) is 10.6. The van der Waals surface area contributed by atoms with E-state index < -0.39 is 15.2 Å². The lowest BCUT2D eigenvalue weighted by Crippen LogP contribution is -2.74. The number of ketones is 1. The van der Waals surface area contributed by atoms with Crippen LogP contribution in [0.15, 0.2) is 0 Å². The van der Waals surface area contributed by atoms with Crippen molar-refractivity contribution in [3.05, 3.63) is 0 Å². The Morgan fingerprint density at radius 3 is 1.22 bits per heavy atom. The van der Waals surface area contributed by atoms with E-state index in [4.69, 9.17) is 32.7 Å². The number of carbonyl (C=O) groups is 1. The Hall–Kier alpha value is 0.170. The van der Waals surface area contributed by atoms with Crippen LogP contribution in [0.3, 0.4) is 0 Å². The van der Waals surface area contributed by atoms with Crippen molar-refractivity contribution in [2.24, 2.45) is 34.5 Å². The first kappa shape index (κ1) is 32.6. The van der Waals surface area contributed by atoms with Gasteiger partial charge in [-0.25, -0.2) is 0 Å². The molecule has 0 aromatic rings. The number of Topliss-reactive ketones (excluding diaryl/α,β-unsaturated/α-hetero) is 1. The molecule has 0 unspecified atom stereocenters. The average Bonchev–Trinajstić information content (AvgIpc) is 3.02. The second kappa shape index (κ2) is 14.5. The zero-order chi connectivity index (χ0) is 28.9. The van der Waals surface area contributed by atoms with Gasteiger partial charge in [0.25, 0.3) is 0 Å². The van der Waals surface area contributed by atoms with Crippen molar-refractivity contribution in [3.63, 3.8) is 0 Å². The Morgan fingerprint density at radius 2 is 0.902 bits per heavy atom. The number of ether oxygens (including phenoxy) is 2. The van der Waals surface area contributed by atoms with Crippen molar-refractivity contribution in [2.75, 3.05) is 13.2 Å². The zero-order valence-electron chi connectivity index (χ0n) is 26.4. The molecule has 0 aliphatic heterocycles. The number of hydrogen-bond acceptors (Lipinski definition) is 3. The molecule has 2 spiro atoms. The van der Waals surface area contributed by atoms with Crippen LogP contribution in [0.5, 0.6) is 0 Å². The summed E-state index contributed by atoms with van der Waals surface area (Å²) < 4.78 is 11.5. The number of halogens is 2. The van der Waals surface area contributed by atoms with Crippen LogP contribution in [-0.2, 0) is 14.3 Å². The lowest BCUT2D eigenvalue weighted by Gasteiger charge is -2.67. The van der Waals surface area contributed by atoms with Crippen LogP contribution in [-0.4, -0.2) is 35.5 Å². The first-order valence-corrected chi connectivity index (χ1v) is 18.8. The minimum atomic E-state index is -0.874. The molecule has 5 heteroatoms. The molecule has 0 amide bonds. The first-order chi connectivity index (χ1) is 19.9. The highest BCUT2D eigenvalue weighted by Gasteiger charge is 2.79. The number of unbranched alkanes of at least 4 members (excludes halogenated alkanes) is 4. The number of rotatable bonds is 12. The molecule has 5 aliphatic rings. The van der Waals surface area contributed by atoms with E-state index in [9.17, 15) is 4.79 Å². The maximum atomic E-state index is 14.1. The minimum Gasteiger partial charge on any atom is -0.378 e. The molecule has 5 fully saturated rings. The van der Waals surface area contributed by atoms with Gasteiger partial charge in [0.1, 0.15) is 4.33 Å². The molecule has 0 N–H and O–H groups in total. The van der Waals surface area contributed by atoms with Crippen molar-refractivity contribution >= 4 is 29.0 Å². The fourth-order valence-corrected chi connectivity index (χ4v) is 11.2. The fraction of sp³-hybridized carbons (Fsp3) is 0.972. The summed E-state index contributed by atoms with van der Waals surface area (Å²) in [6.07, 6.45) is 26.5. The van der Waals surface area contributed by atoms with E-state index in [0.29, 0.717) is 18.0 Å². The van der Waals surface area contributed by atoms with E-state index in [2.05, 4.69) is 13.8 Å². The van der Waals surface area contributed by atoms with E-state index in [1.165, 1.54) is 89.9 Å². The smallest absolute Gasteiger partial charge is 0.151 e. The number of hydrogen-bond donors (Lipinski definition) is 0. The molecular weight excluding hydrogens is 551 g/mol. The quantitative estimate of drug-likeness (QED) is 0.163. The van der Waals surface area contributed by atoms with Crippen LogP contribution in [0.25, 0.3) is 0 Å².